The number of fused-ring (bicyclic) bond motifs is 10. The van der Waals surface area contributed by atoms with Crippen molar-refractivity contribution in [2.45, 2.75) is 0 Å². The van der Waals surface area contributed by atoms with Crippen molar-refractivity contribution in [2.24, 2.45) is 0 Å². The van der Waals surface area contributed by atoms with Crippen LogP contribution in [-0.2, 0) is 0 Å². The van der Waals surface area contributed by atoms with E-state index < -0.39 is 0 Å². The molecule has 0 aliphatic rings. The summed E-state index contributed by atoms with van der Waals surface area (Å²) in [6, 6.07) is 60.8. The Morgan fingerprint density at radius 3 is 1.36 bits per heavy atom. The third-order valence-electron chi connectivity index (χ3n) is 10.5. The van der Waals surface area contributed by atoms with Crippen LogP contribution in [0, 0.1) is 0 Å². The van der Waals surface area contributed by atoms with Gasteiger partial charge in [-0.15, -0.1) is 0 Å². The second kappa shape index (κ2) is 10.4. The van der Waals surface area contributed by atoms with Gasteiger partial charge in [-0.2, -0.15) is 0 Å². The van der Waals surface area contributed by atoms with Gasteiger partial charge < -0.3 is 8.83 Å². The first kappa shape index (κ1) is 27.3. The second-order valence-electron chi connectivity index (χ2n) is 13.1. The van der Waals surface area contributed by atoms with Gasteiger partial charge in [-0.25, -0.2) is 0 Å². The maximum absolute atomic E-state index is 6.81. The molecule has 2 heterocycles. The minimum Gasteiger partial charge on any atom is -0.455 e. The highest BCUT2D eigenvalue weighted by Crippen LogP contribution is 2.50. The monoisotopic (exact) mass is 636 g/mol. The number of para-hydroxylation sites is 2. The Hall–Kier alpha value is -6.64. The second-order valence-corrected chi connectivity index (χ2v) is 13.1. The van der Waals surface area contributed by atoms with E-state index in [0.29, 0.717) is 0 Å². The lowest BCUT2D eigenvalue weighted by atomic mass is 9.83. The molecule has 232 valence electrons. The molecule has 11 rings (SSSR count). The van der Waals surface area contributed by atoms with Crippen LogP contribution in [-0.4, -0.2) is 0 Å². The van der Waals surface area contributed by atoms with Crippen LogP contribution in [0.25, 0.3) is 110 Å². The van der Waals surface area contributed by atoms with E-state index in [9.17, 15) is 0 Å². The van der Waals surface area contributed by atoms with Gasteiger partial charge in [0.25, 0.3) is 0 Å². The molecule has 0 radical (unpaired) electrons. The Balaban J connectivity index is 1.30. The van der Waals surface area contributed by atoms with Gasteiger partial charge in [0.2, 0.25) is 0 Å². The summed E-state index contributed by atoms with van der Waals surface area (Å²) >= 11 is 0. The Morgan fingerprint density at radius 1 is 0.280 bits per heavy atom. The van der Waals surface area contributed by atoms with Crippen LogP contribution >= 0.6 is 0 Å². The molecule has 0 atom stereocenters. The summed E-state index contributed by atoms with van der Waals surface area (Å²) in [5, 5.41) is 11.5. The lowest BCUT2D eigenvalue weighted by Crippen LogP contribution is -1.93. The standard InChI is InChI=1S/C48H28O2/c1-2-14-29(15-3-1)30-26-27-38(32-17-5-4-16-31(30)32)44-34-19-6-8-21-36(34)45(37-22-9-7-20-35(37)44)41-28-40-33-18-10-12-24-42(33)49-47(40)46-39-23-11-13-25-43(39)50-48(41)46/h1-28H. The Labute approximate surface area is 287 Å². The van der Waals surface area contributed by atoms with Gasteiger partial charge in [-0.3, -0.25) is 0 Å². The molecule has 0 spiro atoms. The molecule has 0 unspecified atom stereocenters. The van der Waals surface area contributed by atoms with E-state index in [0.717, 1.165) is 49.4 Å². The molecule has 11 aromatic rings. The highest BCUT2D eigenvalue weighted by atomic mass is 16.3. The number of hydrogen-bond acceptors (Lipinski definition) is 2. The summed E-state index contributed by atoms with van der Waals surface area (Å²) in [7, 11) is 0. The quantitative estimate of drug-likeness (QED) is 0.180. The number of benzene rings is 9. The van der Waals surface area contributed by atoms with Crippen LogP contribution < -0.4 is 0 Å². The molecule has 2 aromatic heterocycles. The van der Waals surface area contributed by atoms with Crippen LogP contribution in [0.3, 0.4) is 0 Å². The maximum atomic E-state index is 6.81. The van der Waals surface area contributed by atoms with Crippen LogP contribution in [0.15, 0.2) is 179 Å². The van der Waals surface area contributed by atoms with E-state index in [-0.39, 0.29) is 0 Å². The third-order valence-corrected chi connectivity index (χ3v) is 10.5. The third kappa shape index (κ3) is 3.79. The van der Waals surface area contributed by atoms with Crippen LogP contribution in [0.1, 0.15) is 0 Å². The average molecular weight is 637 g/mol. The predicted octanol–water partition coefficient (Wildman–Crippen LogP) is 13.9. The zero-order valence-electron chi connectivity index (χ0n) is 27.0. The van der Waals surface area contributed by atoms with Crippen LogP contribution in [0.4, 0.5) is 0 Å². The van der Waals surface area contributed by atoms with Gasteiger partial charge in [0.15, 0.2) is 0 Å². The highest BCUT2D eigenvalue weighted by molar-refractivity contribution is 6.30. The average Bonchev–Trinajstić information content (AvgIpc) is 3.76. The van der Waals surface area contributed by atoms with Crippen molar-refractivity contribution >= 4 is 76.2 Å². The molecule has 2 nitrogen and oxygen atoms in total. The van der Waals surface area contributed by atoms with Crippen molar-refractivity contribution in [2.75, 3.05) is 0 Å². The molecule has 0 saturated carbocycles. The molecule has 0 aliphatic carbocycles. The molecule has 0 saturated heterocycles. The molecule has 0 bridgehead atoms. The molecule has 0 amide bonds. The van der Waals surface area contributed by atoms with Crippen molar-refractivity contribution in [3.05, 3.63) is 170 Å². The van der Waals surface area contributed by atoms with E-state index in [4.69, 9.17) is 8.83 Å². The molecule has 9 aromatic carbocycles. The first-order chi connectivity index (χ1) is 24.8. The summed E-state index contributed by atoms with van der Waals surface area (Å²) in [5.74, 6) is 0. The maximum Gasteiger partial charge on any atom is 0.147 e. The van der Waals surface area contributed by atoms with E-state index in [1.54, 1.807) is 0 Å². The first-order valence-electron chi connectivity index (χ1n) is 17.1. The fourth-order valence-corrected chi connectivity index (χ4v) is 8.35. The SMILES string of the molecule is c1ccc(-c2ccc(-c3c4ccccc4c(-c4cc5c6ccccc6oc5c5c4oc4ccccc45)c4ccccc34)c3ccccc23)cc1. The fourth-order valence-electron chi connectivity index (χ4n) is 8.35. The zero-order chi connectivity index (χ0) is 32.8. The summed E-state index contributed by atoms with van der Waals surface area (Å²) in [5.41, 5.74) is 10.6. The Kier molecular flexibility index (Phi) is 5.70. The summed E-state index contributed by atoms with van der Waals surface area (Å²) < 4.78 is 13.4. The fraction of sp³-hybridized carbons (Fsp3) is 0. The lowest BCUT2D eigenvalue weighted by molar-refractivity contribution is 0.663. The molecule has 0 fully saturated rings. The summed E-state index contributed by atoms with van der Waals surface area (Å²) in [4.78, 5) is 0. The van der Waals surface area contributed by atoms with Crippen LogP contribution in [0.2, 0.25) is 0 Å². The smallest absolute Gasteiger partial charge is 0.147 e. The van der Waals surface area contributed by atoms with E-state index in [1.165, 1.54) is 60.1 Å². The normalized spacial score (nSPS) is 12.0. The van der Waals surface area contributed by atoms with Crippen molar-refractivity contribution in [1.29, 1.82) is 0 Å². The van der Waals surface area contributed by atoms with Gasteiger partial charge in [-0.1, -0.05) is 152 Å². The Morgan fingerprint density at radius 2 is 0.720 bits per heavy atom. The molecule has 50 heavy (non-hydrogen) atoms. The summed E-state index contributed by atoms with van der Waals surface area (Å²) in [6.45, 7) is 0. The van der Waals surface area contributed by atoms with Crippen LogP contribution in [0.5, 0.6) is 0 Å². The molecule has 0 N–H and O–H groups in total. The van der Waals surface area contributed by atoms with Crippen molar-refractivity contribution in [3.63, 3.8) is 0 Å². The van der Waals surface area contributed by atoms with Gasteiger partial charge in [0.05, 0.1) is 5.39 Å². The van der Waals surface area contributed by atoms with Gasteiger partial charge >= 0.3 is 0 Å². The van der Waals surface area contributed by atoms with Crippen molar-refractivity contribution < 1.29 is 8.83 Å². The predicted molar refractivity (Wildman–Crippen MR) is 210 cm³/mol. The lowest BCUT2D eigenvalue weighted by Gasteiger charge is -2.20. The largest absolute Gasteiger partial charge is 0.455 e. The van der Waals surface area contributed by atoms with E-state index >= 15 is 0 Å². The Bertz CT molecular complexity index is 3080. The number of hydrogen-bond donors (Lipinski definition) is 0. The van der Waals surface area contributed by atoms with E-state index in [1.807, 2.05) is 12.1 Å². The summed E-state index contributed by atoms with van der Waals surface area (Å²) in [6.07, 6.45) is 0. The molecule has 0 aliphatic heterocycles. The minimum atomic E-state index is 0.846. The zero-order valence-corrected chi connectivity index (χ0v) is 27.0. The number of rotatable bonds is 3. The number of furan rings is 2. The molecular weight excluding hydrogens is 609 g/mol. The van der Waals surface area contributed by atoms with Crippen molar-refractivity contribution in [1.82, 2.24) is 0 Å². The van der Waals surface area contributed by atoms with Crippen molar-refractivity contribution in [3.8, 4) is 33.4 Å². The first-order valence-corrected chi connectivity index (χ1v) is 17.1. The highest BCUT2D eigenvalue weighted by Gasteiger charge is 2.25. The van der Waals surface area contributed by atoms with Gasteiger partial charge in [-0.05, 0) is 72.8 Å². The molecular formula is C48H28O2. The van der Waals surface area contributed by atoms with Gasteiger partial charge in [0, 0.05) is 27.3 Å². The molecule has 2 heteroatoms. The topological polar surface area (TPSA) is 26.3 Å². The minimum absolute atomic E-state index is 0.846. The van der Waals surface area contributed by atoms with E-state index in [2.05, 4.69) is 158 Å². The van der Waals surface area contributed by atoms with Gasteiger partial charge in [0.1, 0.15) is 22.3 Å².